The van der Waals surface area contributed by atoms with Gasteiger partial charge in [-0.1, -0.05) is 41.9 Å². The van der Waals surface area contributed by atoms with Crippen molar-refractivity contribution in [2.45, 2.75) is 54.1 Å². The Hall–Kier alpha value is -3.70. The maximum absolute atomic E-state index is 12.2. The van der Waals surface area contributed by atoms with E-state index in [1.54, 1.807) is 6.07 Å². The normalized spacial score (nSPS) is 11.0. The van der Waals surface area contributed by atoms with E-state index in [9.17, 15) is 9.90 Å². The summed E-state index contributed by atoms with van der Waals surface area (Å²) < 4.78 is 7.76. The minimum Gasteiger partial charge on any atom is -0.494 e. The van der Waals surface area contributed by atoms with Crippen molar-refractivity contribution >= 4 is 28.9 Å². The van der Waals surface area contributed by atoms with Gasteiger partial charge in [0.2, 0.25) is 0 Å². The average molecular weight is 531 g/mol. The molecule has 6 heteroatoms. The molecule has 1 heterocycles. The molecule has 0 saturated carbocycles. The summed E-state index contributed by atoms with van der Waals surface area (Å²) in [6.45, 7) is 11.8. The number of rotatable bonds is 10. The highest BCUT2D eigenvalue weighted by molar-refractivity contribution is 6.32. The number of aryl methyl sites for hydroxylation is 6. The standard InChI is InChI=1S/C32H35ClN2O3/c1-21-8-6-9-27(14-21)35(19-26-11-10-22(2)23(3)15-26)28-18-30(32(36)37)34(20-28)12-7-13-38-29-16-24(4)31(33)25(5)17-29/h6,8-11,14-18,20H,7,12-13,19H2,1-5H3,(H,36,37). The van der Waals surface area contributed by atoms with Gasteiger partial charge >= 0.3 is 5.97 Å². The summed E-state index contributed by atoms with van der Waals surface area (Å²) in [6, 6.07) is 20.4. The van der Waals surface area contributed by atoms with Gasteiger partial charge in [-0.25, -0.2) is 4.79 Å². The Morgan fingerprint density at radius 1 is 0.895 bits per heavy atom. The summed E-state index contributed by atoms with van der Waals surface area (Å²) in [4.78, 5) is 14.3. The molecule has 3 aromatic carbocycles. The highest BCUT2D eigenvalue weighted by Crippen LogP contribution is 2.31. The van der Waals surface area contributed by atoms with Crippen LogP contribution in [0.5, 0.6) is 5.75 Å². The summed E-state index contributed by atoms with van der Waals surface area (Å²) in [5.41, 5.74) is 8.88. The zero-order valence-corrected chi connectivity index (χ0v) is 23.5. The van der Waals surface area contributed by atoms with Crippen LogP contribution in [-0.4, -0.2) is 22.2 Å². The molecule has 0 aliphatic heterocycles. The van der Waals surface area contributed by atoms with Crippen molar-refractivity contribution in [1.29, 1.82) is 0 Å². The van der Waals surface area contributed by atoms with E-state index >= 15 is 0 Å². The molecule has 0 saturated heterocycles. The number of carboxylic acid groups (broad SMARTS) is 1. The second-order valence-electron chi connectivity index (χ2n) is 10.00. The SMILES string of the molecule is Cc1cccc(N(Cc2ccc(C)c(C)c2)c2cc(C(=O)O)n(CCCOc3cc(C)c(Cl)c(C)c3)c2)c1. The highest BCUT2D eigenvalue weighted by atomic mass is 35.5. The number of benzene rings is 3. The quantitative estimate of drug-likeness (QED) is 0.210. The van der Waals surface area contributed by atoms with E-state index < -0.39 is 5.97 Å². The van der Waals surface area contributed by atoms with E-state index in [0.29, 0.717) is 26.1 Å². The summed E-state index contributed by atoms with van der Waals surface area (Å²) in [5.74, 6) is -0.174. The molecule has 1 N–H and O–H groups in total. The predicted octanol–water partition coefficient (Wildman–Crippen LogP) is 8.19. The minimum absolute atomic E-state index is 0.260. The van der Waals surface area contributed by atoms with Crippen LogP contribution in [-0.2, 0) is 13.1 Å². The fourth-order valence-electron chi connectivity index (χ4n) is 4.63. The first-order valence-corrected chi connectivity index (χ1v) is 13.2. The summed E-state index contributed by atoms with van der Waals surface area (Å²) in [6.07, 6.45) is 2.60. The average Bonchev–Trinajstić information content (AvgIpc) is 3.30. The van der Waals surface area contributed by atoms with E-state index in [1.165, 1.54) is 16.7 Å². The van der Waals surface area contributed by atoms with Gasteiger partial charge in [-0.2, -0.15) is 0 Å². The van der Waals surface area contributed by atoms with E-state index in [1.807, 2.05) is 42.8 Å². The van der Waals surface area contributed by atoms with Crippen LogP contribution in [0.15, 0.2) is 66.9 Å². The Bertz CT molecular complexity index is 1430. The molecule has 198 valence electrons. The van der Waals surface area contributed by atoms with Gasteiger partial charge in [0, 0.05) is 30.0 Å². The van der Waals surface area contributed by atoms with Crippen LogP contribution in [0.1, 0.15) is 50.3 Å². The van der Waals surface area contributed by atoms with Crippen molar-refractivity contribution in [3.8, 4) is 5.75 Å². The molecule has 4 rings (SSSR count). The number of carboxylic acids is 1. The molecule has 0 spiro atoms. The Morgan fingerprint density at radius 2 is 1.63 bits per heavy atom. The van der Waals surface area contributed by atoms with Crippen LogP contribution >= 0.6 is 11.6 Å². The number of nitrogens with zero attached hydrogens (tertiary/aromatic N) is 2. The molecule has 38 heavy (non-hydrogen) atoms. The second kappa shape index (κ2) is 11.8. The topological polar surface area (TPSA) is 54.7 Å². The second-order valence-corrected chi connectivity index (χ2v) is 10.4. The zero-order valence-electron chi connectivity index (χ0n) is 22.7. The number of halogens is 1. The van der Waals surface area contributed by atoms with Gasteiger partial charge < -0.3 is 19.3 Å². The van der Waals surface area contributed by atoms with Gasteiger partial charge in [-0.3, -0.25) is 0 Å². The number of aromatic nitrogens is 1. The van der Waals surface area contributed by atoms with Crippen LogP contribution in [0.3, 0.4) is 0 Å². The lowest BCUT2D eigenvalue weighted by atomic mass is 10.1. The largest absolute Gasteiger partial charge is 0.494 e. The third-order valence-corrected chi connectivity index (χ3v) is 7.46. The van der Waals surface area contributed by atoms with Crippen molar-refractivity contribution < 1.29 is 14.6 Å². The lowest BCUT2D eigenvalue weighted by Crippen LogP contribution is -2.16. The van der Waals surface area contributed by atoms with Crippen LogP contribution in [0.2, 0.25) is 5.02 Å². The van der Waals surface area contributed by atoms with Crippen LogP contribution in [0.4, 0.5) is 11.4 Å². The smallest absolute Gasteiger partial charge is 0.352 e. The van der Waals surface area contributed by atoms with Crippen molar-refractivity contribution in [2.24, 2.45) is 0 Å². The molecule has 0 radical (unpaired) electrons. The van der Waals surface area contributed by atoms with Crippen molar-refractivity contribution in [3.05, 3.63) is 111 Å². The Kier molecular flexibility index (Phi) is 8.48. The molecular weight excluding hydrogens is 496 g/mol. The molecule has 1 aromatic heterocycles. The van der Waals surface area contributed by atoms with E-state index in [4.69, 9.17) is 16.3 Å². The predicted molar refractivity (Wildman–Crippen MR) is 155 cm³/mol. The Labute approximate surface area is 230 Å². The van der Waals surface area contributed by atoms with Crippen molar-refractivity contribution in [1.82, 2.24) is 4.57 Å². The van der Waals surface area contributed by atoms with Crippen molar-refractivity contribution in [2.75, 3.05) is 11.5 Å². The summed E-state index contributed by atoms with van der Waals surface area (Å²) in [5, 5.41) is 10.7. The molecular formula is C32H35ClN2O3. The first-order valence-electron chi connectivity index (χ1n) is 12.9. The molecule has 0 fully saturated rings. The zero-order chi connectivity index (χ0) is 27.4. The van der Waals surface area contributed by atoms with Crippen LogP contribution < -0.4 is 9.64 Å². The molecule has 5 nitrogen and oxygen atoms in total. The molecule has 0 unspecified atom stereocenters. The first-order chi connectivity index (χ1) is 18.1. The highest BCUT2D eigenvalue weighted by Gasteiger charge is 2.19. The van der Waals surface area contributed by atoms with Gasteiger partial charge in [0.25, 0.3) is 0 Å². The van der Waals surface area contributed by atoms with Gasteiger partial charge in [-0.05, 0) is 105 Å². The number of hydrogen-bond acceptors (Lipinski definition) is 3. The fourth-order valence-corrected chi connectivity index (χ4v) is 4.74. The molecule has 0 aliphatic rings. The number of aromatic carboxylic acids is 1. The fraction of sp³-hybridized carbons (Fsp3) is 0.281. The summed E-state index contributed by atoms with van der Waals surface area (Å²) in [7, 11) is 0. The molecule has 0 bridgehead atoms. The molecule has 0 amide bonds. The maximum atomic E-state index is 12.2. The number of carbonyl (C=O) groups is 1. The maximum Gasteiger partial charge on any atom is 0.352 e. The molecule has 0 atom stereocenters. The number of hydrogen-bond donors (Lipinski definition) is 1. The third kappa shape index (κ3) is 6.40. The Morgan fingerprint density at radius 3 is 2.29 bits per heavy atom. The van der Waals surface area contributed by atoms with Gasteiger partial charge in [0.15, 0.2) is 0 Å². The molecule has 0 aliphatic carbocycles. The van der Waals surface area contributed by atoms with E-state index in [2.05, 4.69) is 62.1 Å². The first kappa shape index (κ1) is 27.3. The van der Waals surface area contributed by atoms with E-state index in [0.717, 1.165) is 38.8 Å². The minimum atomic E-state index is -0.948. The van der Waals surface area contributed by atoms with Crippen LogP contribution in [0, 0.1) is 34.6 Å². The molecule has 4 aromatic rings. The van der Waals surface area contributed by atoms with Gasteiger partial charge in [0.05, 0.1) is 12.3 Å². The Balaban J connectivity index is 1.57. The summed E-state index contributed by atoms with van der Waals surface area (Å²) >= 11 is 6.27. The van der Waals surface area contributed by atoms with Gasteiger partial charge in [-0.15, -0.1) is 0 Å². The monoisotopic (exact) mass is 530 g/mol. The number of ether oxygens (including phenoxy) is 1. The lowest BCUT2D eigenvalue weighted by molar-refractivity contribution is 0.0684. The lowest BCUT2D eigenvalue weighted by Gasteiger charge is -2.25. The van der Waals surface area contributed by atoms with Crippen LogP contribution in [0.25, 0.3) is 0 Å². The number of anilines is 2. The van der Waals surface area contributed by atoms with Crippen molar-refractivity contribution in [3.63, 3.8) is 0 Å². The third-order valence-electron chi connectivity index (χ3n) is 6.86. The van der Waals surface area contributed by atoms with E-state index in [-0.39, 0.29) is 5.69 Å². The van der Waals surface area contributed by atoms with Gasteiger partial charge in [0.1, 0.15) is 11.4 Å².